The first-order valence-corrected chi connectivity index (χ1v) is 5.06. The van der Waals surface area contributed by atoms with Crippen molar-refractivity contribution in [2.24, 2.45) is 12.8 Å². The lowest BCUT2D eigenvalue weighted by molar-refractivity contribution is 0.199. The quantitative estimate of drug-likeness (QED) is 0.706. The summed E-state index contributed by atoms with van der Waals surface area (Å²) >= 11 is 0. The van der Waals surface area contributed by atoms with E-state index in [0.717, 1.165) is 38.3 Å². The average molecular weight is 195 g/mol. The van der Waals surface area contributed by atoms with Crippen LogP contribution in [-0.2, 0) is 13.6 Å². The monoisotopic (exact) mass is 195 g/mol. The van der Waals surface area contributed by atoms with Crippen LogP contribution in [0, 0.1) is 0 Å². The standard InChI is InChI=1S/C9H17N5/c1-13-9(11-7-12-13)6-14-4-2-8(10)3-5-14/h7-8H,2-6,10H2,1H3. The lowest BCUT2D eigenvalue weighted by Crippen LogP contribution is -2.39. The number of hydrogen-bond acceptors (Lipinski definition) is 4. The summed E-state index contributed by atoms with van der Waals surface area (Å²) in [5.41, 5.74) is 5.84. The number of aromatic nitrogens is 3. The summed E-state index contributed by atoms with van der Waals surface area (Å²) in [7, 11) is 1.93. The van der Waals surface area contributed by atoms with Gasteiger partial charge in [-0.1, -0.05) is 0 Å². The minimum Gasteiger partial charge on any atom is -0.328 e. The molecule has 0 spiro atoms. The van der Waals surface area contributed by atoms with Gasteiger partial charge in [0.05, 0.1) is 6.54 Å². The highest BCUT2D eigenvalue weighted by atomic mass is 15.3. The fraction of sp³-hybridized carbons (Fsp3) is 0.778. The summed E-state index contributed by atoms with van der Waals surface area (Å²) in [5.74, 6) is 1.03. The molecule has 2 rings (SSSR count). The average Bonchev–Trinajstić information content (AvgIpc) is 2.56. The normalized spacial score (nSPS) is 20.1. The number of nitrogens with two attached hydrogens (primary N) is 1. The number of aryl methyl sites for hydroxylation is 1. The third-order valence-electron chi connectivity index (χ3n) is 2.80. The highest BCUT2D eigenvalue weighted by Crippen LogP contribution is 2.10. The van der Waals surface area contributed by atoms with E-state index >= 15 is 0 Å². The number of hydrogen-bond donors (Lipinski definition) is 1. The van der Waals surface area contributed by atoms with Crippen LogP contribution >= 0.6 is 0 Å². The fourth-order valence-corrected chi connectivity index (χ4v) is 1.77. The van der Waals surface area contributed by atoms with Gasteiger partial charge in [-0.15, -0.1) is 0 Å². The minimum absolute atomic E-state index is 0.394. The van der Waals surface area contributed by atoms with Crippen molar-refractivity contribution >= 4 is 0 Å². The van der Waals surface area contributed by atoms with Crippen LogP contribution in [0.4, 0.5) is 0 Å². The molecule has 78 valence electrons. The Morgan fingerprint density at radius 1 is 1.50 bits per heavy atom. The molecule has 0 amide bonds. The lowest BCUT2D eigenvalue weighted by atomic mass is 10.1. The second-order valence-corrected chi connectivity index (χ2v) is 3.91. The molecule has 0 aliphatic carbocycles. The second kappa shape index (κ2) is 4.06. The number of nitrogens with zero attached hydrogens (tertiary/aromatic N) is 4. The predicted octanol–water partition coefficient (Wildman–Crippen LogP) is -0.262. The maximum absolute atomic E-state index is 5.84. The van der Waals surface area contributed by atoms with Crippen LogP contribution in [0.25, 0.3) is 0 Å². The van der Waals surface area contributed by atoms with Gasteiger partial charge < -0.3 is 5.73 Å². The van der Waals surface area contributed by atoms with Gasteiger partial charge in [-0.25, -0.2) is 4.98 Å². The first kappa shape index (κ1) is 9.61. The van der Waals surface area contributed by atoms with Crippen LogP contribution in [0.2, 0.25) is 0 Å². The highest BCUT2D eigenvalue weighted by Gasteiger charge is 2.17. The molecule has 1 saturated heterocycles. The zero-order valence-electron chi connectivity index (χ0n) is 8.56. The molecule has 1 aliphatic rings. The Labute approximate surface area is 83.9 Å². The summed E-state index contributed by atoms with van der Waals surface area (Å²) in [6.07, 6.45) is 3.79. The molecule has 1 aliphatic heterocycles. The molecule has 0 radical (unpaired) electrons. The molecule has 1 aromatic heterocycles. The Balaban J connectivity index is 1.89. The van der Waals surface area contributed by atoms with Gasteiger partial charge in [0, 0.05) is 26.2 Å². The van der Waals surface area contributed by atoms with E-state index in [1.807, 2.05) is 11.7 Å². The largest absolute Gasteiger partial charge is 0.328 e. The molecular formula is C9H17N5. The molecule has 14 heavy (non-hydrogen) atoms. The number of piperidine rings is 1. The summed E-state index contributed by atoms with van der Waals surface area (Å²) in [6.45, 7) is 3.05. The number of likely N-dealkylation sites (tertiary alicyclic amines) is 1. The van der Waals surface area contributed by atoms with Gasteiger partial charge >= 0.3 is 0 Å². The topological polar surface area (TPSA) is 60.0 Å². The molecule has 2 heterocycles. The molecular weight excluding hydrogens is 178 g/mol. The first-order valence-electron chi connectivity index (χ1n) is 5.06. The van der Waals surface area contributed by atoms with Crippen molar-refractivity contribution in [3.8, 4) is 0 Å². The molecule has 0 saturated carbocycles. The van der Waals surface area contributed by atoms with Crippen LogP contribution in [0.15, 0.2) is 6.33 Å². The summed E-state index contributed by atoms with van der Waals surface area (Å²) in [5, 5.41) is 4.05. The molecule has 5 heteroatoms. The summed E-state index contributed by atoms with van der Waals surface area (Å²) < 4.78 is 1.83. The molecule has 1 fully saturated rings. The Morgan fingerprint density at radius 2 is 2.21 bits per heavy atom. The van der Waals surface area contributed by atoms with Gasteiger partial charge in [0.15, 0.2) is 0 Å². The maximum atomic E-state index is 5.84. The van der Waals surface area contributed by atoms with Gasteiger partial charge in [-0.05, 0) is 12.8 Å². The van der Waals surface area contributed by atoms with Gasteiger partial charge in [0.2, 0.25) is 0 Å². The van der Waals surface area contributed by atoms with Gasteiger partial charge in [-0.3, -0.25) is 9.58 Å². The van der Waals surface area contributed by atoms with E-state index in [2.05, 4.69) is 15.0 Å². The van der Waals surface area contributed by atoms with Gasteiger partial charge in [-0.2, -0.15) is 5.10 Å². The second-order valence-electron chi connectivity index (χ2n) is 3.91. The lowest BCUT2D eigenvalue weighted by Gasteiger charge is -2.29. The maximum Gasteiger partial charge on any atom is 0.140 e. The van der Waals surface area contributed by atoms with Crippen molar-refractivity contribution in [2.75, 3.05) is 13.1 Å². The van der Waals surface area contributed by atoms with Crippen LogP contribution in [0.1, 0.15) is 18.7 Å². The number of rotatable bonds is 2. The highest BCUT2D eigenvalue weighted by molar-refractivity contribution is 4.85. The van der Waals surface area contributed by atoms with Crippen LogP contribution in [0.3, 0.4) is 0 Å². The van der Waals surface area contributed by atoms with Crippen molar-refractivity contribution < 1.29 is 0 Å². The van der Waals surface area contributed by atoms with E-state index in [-0.39, 0.29) is 0 Å². The van der Waals surface area contributed by atoms with E-state index < -0.39 is 0 Å². The van der Waals surface area contributed by atoms with Crippen LogP contribution < -0.4 is 5.73 Å². The summed E-state index contributed by atoms with van der Waals surface area (Å²) in [6, 6.07) is 0.394. The smallest absolute Gasteiger partial charge is 0.140 e. The Morgan fingerprint density at radius 3 is 2.79 bits per heavy atom. The Hall–Kier alpha value is -0.940. The van der Waals surface area contributed by atoms with Crippen molar-refractivity contribution in [3.63, 3.8) is 0 Å². The van der Waals surface area contributed by atoms with E-state index in [1.54, 1.807) is 6.33 Å². The van der Waals surface area contributed by atoms with E-state index in [4.69, 9.17) is 5.73 Å². The Bertz CT molecular complexity index is 287. The first-order chi connectivity index (χ1) is 6.75. The van der Waals surface area contributed by atoms with Crippen LogP contribution in [-0.4, -0.2) is 38.8 Å². The van der Waals surface area contributed by atoms with Crippen molar-refractivity contribution in [2.45, 2.75) is 25.4 Å². The molecule has 0 aromatic carbocycles. The third-order valence-corrected chi connectivity index (χ3v) is 2.80. The molecule has 1 aromatic rings. The van der Waals surface area contributed by atoms with Crippen LogP contribution in [0.5, 0.6) is 0 Å². The van der Waals surface area contributed by atoms with E-state index in [0.29, 0.717) is 6.04 Å². The molecule has 0 unspecified atom stereocenters. The minimum atomic E-state index is 0.394. The molecule has 5 nitrogen and oxygen atoms in total. The zero-order valence-corrected chi connectivity index (χ0v) is 8.56. The van der Waals surface area contributed by atoms with E-state index in [1.165, 1.54) is 0 Å². The zero-order chi connectivity index (χ0) is 9.97. The third kappa shape index (κ3) is 2.10. The Kier molecular flexibility index (Phi) is 2.79. The van der Waals surface area contributed by atoms with Crippen molar-refractivity contribution in [1.29, 1.82) is 0 Å². The van der Waals surface area contributed by atoms with Gasteiger partial charge in [0.25, 0.3) is 0 Å². The van der Waals surface area contributed by atoms with Crippen molar-refractivity contribution in [1.82, 2.24) is 19.7 Å². The van der Waals surface area contributed by atoms with Gasteiger partial charge in [0.1, 0.15) is 12.2 Å². The molecule has 0 bridgehead atoms. The predicted molar refractivity (Wildman–Crippen MR) is 53.5 cm³/mol. The summed E-state index contributed by atoms with van der Waals surface area (Å²) in [4.78, 5) is 6.59. The fourth-order valence-electron chi connectivity index (χ4n) is 1.77. The molecule has 0 atom stereocenters. The SMILES string of the molecule is Cn1ncnc1CN1CCC(N)CC1. The van der Waals surface area contributed by atoms with Crippen molar-refractivity contribution in [3.05, 3.63) is 12.2 Å². The van der Waals surface area contributed by atoms with E-state index in [9.17, 15) is 0 Å². The molecule has 2 N–H and O–H groups in total.